The van der Waals surface area contributed by atoms with Gasteiger partial charge in [-0.25, -0.2) is 0 Å². The molecule has 0 bridgehead atoms. The third kappa shape index (κ3) is 57.4. The minimum absolute atomic E-state index is 0. The van der Waals surface area contributed by atoms with Crippen molar-refractivity contribution in [3.05, 3.63) is 0 Å². The molecular formula is H2FeNaO11P2S. The van der Waals surface area contributed by atoms with Crippen molar-refractivity contribution >= 4 is 26.0 Å². The molecule has 0 aliphatic rings. The van der Waals surface area contributed by atoms with E-state index in [1.54, 1.807) is 0 Å². The Hall–Kier alpha value is 1.65. The Bertz CT molecular complexity index is 318. The van der Waals surface area contributed by atoms with Crippen LogP contribution in [0.3, 0.4) is 0 Å². The van der Waals surface area contributed by atoms with Crippen molar-refractivity contribution in [2.75, 3.05) is 0 Å². The Morgan fingerprint density at radius 3 is 1.06 bits per heavy atom. The van der Waals surface area contributed by atoms with E-state index in [0.29, 0.717) is 0 Å². The van der Waals surface area contributed by atoms with Crippen molar-refractivity contribution in [2.24, 2.45) is 0 Å². The number of hydrogen-bond donors (Lipinski definition) is 2. The summed E-state index contributed by atoms with van der Waals surface area (Å²) in [4.78, 5) is 37.3. The second kappa shape index (κ2) is 9.56. The first kappa shape index (κ1) is 26.3. The number of rotatable bonds is 2. The average Bonchev–Trinajstić information content (AvgIpc) is 1.42. The fourth-order valence-electron chi connectivity index (χ4n) is 0.122. The van der Waals surface area contributed by atoms with Crippen LogP contribution < -0.4 is 49.1 Å². The molecule has 2 N–H and O–H groups in total. The third-order valence-electron chi connectivity index (χ3n) is 0.200. The summed E-state index contributed by atoms with van der Waals surface area (Å²) in [6, 6.07) is 0. The number of phosphoric acid groups is 2. The molecule has 0 heterocycles. The van der Waals surface area contributed by atoms with Crippen LogP contribution in [0, 0.1) is 0 Å². The molecule has 0 saturated heterocycles. The Balaban J connectivity index is -0.0000000904. The van der Waals surface area contributed by atoms with Gasteiger partial charge in [0.05, 0.1) is 15.6 Å². The van der Waals surface area contributed by atoms with Crippen LogP contribution in [-0.4, -0.2) is 17.5 Å². The van der Waals surface area contributed by atoms with E-state index < -0.39 is 26.0 Å². The first-order valence-corrected chi connectivity index (χ1v) is 6.48. The Kier molecular flexibility index (Phi) is 15.7. The van der Waals surface area contributed by atoms with E-state index in [-0.39, 0.29) is 46.6 Å². The van der Waals surface area contributed by atoms with Crippen molar-refractivity contribution in [1.29, 1.82) is 0 Å². The molecule has 0 atom stereocenters. The molecule has 16 heavy (non-hydrogen) atoms. The first-order valence-electron chi connectivity index (χ1n) is 2.16. The standard InChI is InChI=1S/Fe.Na.H4O7P2.H2O4S/c;;1-8(2,3)7-9(4,5)6;1-5(2,3)4/h;;(H2,1,2,3)(H2,4,5,6);(H2,1,2,3,4)/q+3;+1;;/p-4. The van der Waals surface area contributed by atoms with E-state index >= 15 is 0 Å². The van der Waals surface area contributed by atoms with Gasteiger partial charge in [0, 0.05) is 0 Å². The third-order valence-corrected chi connectivity index (χ3v) is 1.80. The van der Waals surface area contributed by atoms with E-state index in [1.165, 1.54) is 0 Å². The van der Waals surface area contributed by atoms with Crippen LogP contribution in [0.15, 0.2) is 0 Å². The summed E-state index contributed by atoms with van der Waals surface area (Å²) in [5.41, 5.74) is 0. The van der Waals surface area contributed by atoms with Crippen LogP contribution in [0.1, 0.15) is 0 Å². The van der Waals surface area contributed by atoms with Gasteiger partial charge >= 0.3 is 57.0 Å². The van der Waals surface area contributed by atoms with Gasteiger partial charge in [-0.3, -0.25) is 9.11 Å². The Morgan fingerprint density at radius 2 is 1.06 bits per heavy atom. The molecule has 0 spiro atoms. The van der Waals surface area contributed by atoms with Crippen LogP contribution in [0.5, 0.6) is 0 Å². The van der Waals surface area contributed by atoms with E-state index in [9.17, 15) is 28.7 Å². The molecule has 1 radical (unpaired) electrons. The molecule has 0 saturated carbocycles. The molecule has 16 heteroatoms. The van der Waals surface area contributed by atoms with Gasteiger partial charge in [-0.05, 0) is 0 Å². The minimum Gasteiger partial charge on any atom is -0.790 e. The van der Waals surface area contributed by atoms with E-state index in [2.05, 4.69) is 4.31 Å². The summed E-state index contributed by atoms with van der Waals surface area (Å²) in [7, 11) is -16.0. The normalized spacial score (nSPS) is 11.4. The largest absolute Gasteiger partial charge is 3.00 e. The van der Waals surface area contributed by atoms with Gasteiger partial charge < -0.3 is 33.0 Å². The molecule has 0 unspecified atom stereocenters. The van der Waals surface area contributed by atoms with Crippen LogP contribution in [0.25, 0.3) is 0 Å². The van der Waals surface area contributed by atoms with Crippen molar-refractivity contribution in [3.8, 4) is 0 Å². The van der Waals surface area contributed by atoms with Gasteiger partial charge in [-0.15, -0.1) is 0 Å². The summed E-state index contributed by atoms with van der Waals surface area (Å²) in [5, 5.41) is 0. The molecule has 0 aliphatic carbocycles. The topological polar surface area (TPSA) is 210 Å². The van der Waals surface area contributed by atoms with E-state index in [4.69, 9.17) is 17.5 Å². The molecule has 0 aromatic rings. The van der Waals surface area contributed by atoms with Gasteiger partial charge in [0.15, 0.2) is 0 Å². The predicted molar refractivity (Wildman–Crippen MR) is 30.5 cm³/mol. The molecule has 0 aromatic heterocycles. The SMILES string of the molecule is O=P([O-])([O-])OP(=O)([O-])[O-].O=S(=O)(O)O.[Fe+3].[Na+]. The summed E-state index contributed by atoms with van der Waals surface area (Å²) in [6.07, 6.45) is 0. The van der Waals surface area contributed by atoms with Crippen LogP contribution in [0.2, 0.25) is 0 Å². The second-order valence-electron chi connectivity index (χ2n) is 1.42. The molecule has 0 amide bonds. The molecule has 0 aromatic carbocycles. The van der Waals surface area contributed by atoms with E-state index in [1.807, 2.05) is 0 Å². The van der Waals surface area contributed by atoms with E-state index in [0.717, 1.165) is 0 Å². The number of hydrogen-bond acceptors (Lipinski definition) is 9. The van der Waals surface area contributed by atoms with Gasteiger partial charge in [-0.2, -0.15) is 8.42 Å². The average molecular weight is 351 g/mol. The summed E-state index contributed by atoms with van der Waals surface area (Å²) in [5.74, 6) is 0. The van der Waals surface area contributed by atoms with Gasteiger partial charge in [0.2, 0.25) is 0 Å². The Labute approximate surface area is 122 Å². The fraction of sp³-hybridized carbons (Fsp3) is 0. The second-order valence-corrected chi connectivity index (χ2v) is 4.76. The quantitative estimate of drug-likeness (QED) is 0.271. The zero-order valence-electron chi connectivity index (χ0n) is 7.22. The fourth-order valence-corrected chi connectivity index (χ4v) is 1.10. The monoisotopic (exact) mass is 351 g/mol. The van der Waals surface area contributed by atoms with Crippen molar-refractivity contribution < 1.29 is 97.2 Å². The maximum atomic E-state index is 9.32. The first-order chi connectivity index (χ1) is 5.71. The molecular weight excluding hydrogens is 349 g/mol. The summed E-state index contributed by atoms with van der Waals surface area (Å²) in [6.45, 7) is 0. The molecule has 0 fully saturated rings. The van der Waals surface area contributed by atoms with Gasteiger partial charge in [0.25, 0.3) is 0 Å². The van der Waals surface area contributed by atoms with Gasteiger partial charge in [0.1, 0.15) is 0 Å². The van der Waals surface area contributed by atoms with Crippen LogP contribution >= 0.6 is 15.6 Å². The van der Waals surface area contributed by atoms with Crippen molar-refractivity contribution in [2.45, 2.75) is 0 Å². The zero-order valence-corrected chi connectivity index (χ0v) is 12.9. The van der Waals surface area contributed by atoms with Crippen molar-refractivity contribution in [3.63, 3.8) is 0 Å². The summed E-state index contributed by atoms with van der Waals surface area (Å²) < 4.78 is 52.7. The smallest absolute Gasteiger partial charge is 0.790 e. The van der Waals surface area contributed by atoms with Crippen LogP contribution in [-0.2, 0) is 40.9 Å². The van der Waals surface area contributed by atoms with Gasteiger partial charge in [-0.1, -0.05) is 0 Å². The summed E-state index contributed by atoms with van der Waals surface area (Å²) >= 11 is 0. The minimum atomic E-state index is -5.68. The zero-order chi connectivity index (χ0) is 12.2. The maximum absolute atomic E-state index is 9.32. The predicted octanol–water partition coefficient (Wildman–Crippen LogP) is -6.99. The molecule has 93 valence electrons. The molecule has 0 aliphatic heterocycles. The Morgan fingerprint density at radius 1 is 0.938 bits per heavy atom. The van der Waals surface area contributed by atoms with Crippen molar-refractivity contribution in [1.82, 2.24) is 0 Å². The maximum Gasteiger partial charge on any atom is 3.00 e. The molecule has 0 rings (SSSR count). The van der Waals surface area contributed by atoms with Crippen LogP contribution in [0.4, 0.5) is 0 Å². The molecule has 11 nitrogen and oxygen atoms in total.